The summed E-state index contributed by atoms with van der Waals surface area (Å²) >= 11 is 0. The highest BCUT2D eigenvalue weighted by molar-refractivity contribution is 7.52. The smallest absolute Gasteiger partial charge is 0.325 e. The lowest BCUT2D eigenvalue weighted by Crippen LogP contribution is -2.60. The number of aliphatic hydroxyl groups excluding tert-OH is 8. The largest absolute Gasteiger partial charge is 0.390 e. The lowest BCUT2D eigenvalue weighted by atomic mass is 9.90. The minimum atomic E-state index is -4.43. The van der Waals surface area contributed by atoms with Crippen molar-refractivity contribution in [3.05, 3.63) is 12.2 Å². The number of ether oxygens (including phenoxy) is 13. The van der Waals surface area contributed by atoms with E-state index in [2.05, 4.69) is 53.4 Å². The van der Waals surface area contributed by atoms with E-state index in [1.54, 1.807) is 0 Å². The van der Waals surface area contributed by atoms with E-state index < -0.39 is 125 Å². The number of hydrogen-bond donors (Lipinski definition) is 21. The molecule has 0 aromatic carbocycles. The number of unbranched alkanes of at least 4 members (excludes halogenated alkanes) is 2. The van der Waals surface area contributed by atoms with E-state index in [0.29, 0.717) is 171 Å². The molecule has 0 bridgehead atoms. The van der Waals surface area contributed by atoms with E-state index in [1.165, 1.54) is 12.2 Å². The maximum absolute atomic E-state index is 12.7. The Kier molecular flexibility index (Phi) is 48.1. The summed E-state index contributed by atoms with van der Waals surface area (Å²) in [6, 6.07) is -1.05. The molecule has 684 valence electrons. The van der Waals surface area contributed by atoms with Crippen LogP contribution in [0.2, 0.25) is 0 Å². The second-order valence-electron chi connectivity index (χ2n) is 30.1. The number of carbonyl (C=O) groups excluding carboxylic acids is 5. The lowest BCUT2D eigenvalue weighted by Gasteiger charge is -2.43. The zero-order valence-corrected chi connectivity index (χ0v) is 69.1. The van der Waals surface area contributed by atoms with Crippen LogP contribution in [-0.2, 0) is 85.1 Å². The number of hydrogen-bond acceptors (Lipinski definition) is 35. The van der Waals surface area contributed by atoms with Crippen LogP contribution in [0.3, 0.4) is 0 Å². The first-order valence-corrected chi connectivity index (χ1v) is 44.8. The van der Waals surface area contributed by atoms with Crippen molar-refractivity contribution in [3.8, 4) is 0 Å². The molecule has 5 aliphatic heterocycles. The molecule has 8 unspecified atom stereocenters. The predicted octanol–water partition coefficient (Wildman–Crippen LogP) is -6.46. The summed E-state index contributed by atoms with van der Waals surface area (Å²) in [5, 5.41) is 102. The third-order valence-corrected chi connectivity index (χ3v) is 22.4. The van der Waals surface area contributed by atoms with Crippen molar-refractivity contribution in [2.24, 2.45) is 0 Å². The third-order valence-electron chi connectivity index (χ3n) is 20.7. The molecule has 6 fully saturated rings. The van der Waals surface area contributed by atoms with Crippen molar-refractivity contribution < 1.29 is 155 Å². The topological polar surface area (TPSA) is 603 Å². The van der Waals surface area contributed by atoms with Gasteiger partial charge in [-0.15, -0.1) is 0 Å². The normalized spacial score (nSPS) is 28.7. The van der Waals surface area contributed by atoms with Crippen molar-refractivity contribution >= 4 is 45.0 Å². The van der Waals surface area contributed by atoms with E-state index in [1.807, 2.05) is 10.0 Å². The van der Waals surface area contributed by atoms with E-state index in [0.717, 1.165) is 56.5 Å². The molecule has 7 aliphatic rings. The standard InChI is InChI=1S/C71H133N13O32P2/c85-53-45-49(7-9-55(53)113-68-66(94)64(92)62(90)57(115-68)14-43-117(98,99)100)75-70(96)73-16-3-1-5-51-47-82(79-77-51)23-29-108-35-41-111-39-33-106-27-21-81(20-26-105-32-38-110-37-31-104-25-13-59(87)72-18-19-84-60(88)11-12-61(84)89)22-28-107-34-40-112-42-36-109-30-24-83-48-52(78-80-83)6-2-4-17-74-71(97)76-50-8-10-56(54(86)46-50)114-69-67(95)65(93)63(91)58(116-69)15-44-118(101,102)103/h11-12,49-58,62-69,77-80,85-86,90-95H,1-10,13-48H2,(H,72,87)(H2,73,75,96)(H2,74,76,97)(H2,98,99,100)(H2,101,102,103)/t49?,50?,51?,52?,53?,54?,55?,56?,57-,58-,62-,63-,64+,65+,66+,67+,68+,69+/m1/s1. The lowest BCUT2D eigenvalue weighted by molar-refractivity contribution is -0.315. The molecule has 2 saturated carbocycles. The Hall–Kier alpha value is -3.93. The molecular formula is C71H133N13O32P2. The van der Waals surface area contributed by atoms with E-state index in [4.69, 9.17) is 61.6 Å². The average Bonchev–Trinajstić information content (AvgIpc) is 1.03. The maximum atomic E-state index is 12.7. The summed E-state index contributed by atoms with van der Waals surface area (Å²) in [5.41, 5.74) is 13.0. The zero-order chi connectivity index (χ0) is 85.1. The first-order valence-electron chi connectivity index (χ1n) is 41.2. The van der Waals surface area contributed by atoms with Gasteiger partial charge in [0.2, 0.25) is 5.91 Å². The molecule has 4 saturated heterocycles. The molecule has 21 N–H and O–H groups in total. The number of urea groups is 2. The number of imide groups is 1. The molecule has 0 aromatic rings. The molecule has 18 atom stereocenters. The fourth-order valence-electron chi connectivity index (χ4n) is 14.0. The Morgan fingerprint density at radius 3 is 1.20 bits per heavy atom. The van der Waals surface area contributed by atoms with E-state index in [-0.39, 0.29) is 107 Å². The van der Waals surface area contributed by atoms with Crippen LogP contribution in [0.1, 0.15) is 96.3 Å². The Morgan fingerprint density at radius 1 is 0.449 bits per heavy atom. The molecule has 7 amide bonds. The van der Waals surface area contributed by atoms with Gasteiger partial charge in [-0.05, 0) is 77.0 Å². The number of hydrazine groups is 4. The predicted molar refractivity (Wildman–Crippen MR) is 415 cm³/mol. The van der Waals surface area contributed by atoms with E-state index in [9.17, 15) is 93.5 Å². The first kappa shape index (κ1) is 101. The molecule has 47 heteroatoms. The van der Waals surface area contributed by atoms with Gasteiger partial charge in [-0.2, -0.15) is 11.1 Å². The molecule has 5 heterocycles. The van der Waals surface area contributed by atoms with Gasteiger partial charge in [0.05, 0.1) is 168 Å². The molecule has 0 spiro atoms. The van der Waals surface area contributed by atoms with Crippen LogP contribution in [0, 0.1) is 0 Å². The van der Waals surface area contributed by atoms with Gasteiger partial charge >= 0.3 is 27.3 Å². The molecule has 2 aliphatic carbocycles. The molecular weight excluding hydrogens is 1610 g/mol. The van der Waals surface area contributed by atoms with Gasteiger partial charge in [-0.25, -0.2) is 30.5 Å². The van der Waals surface area contributed by atoms with Crippen LogP contribution in [0.25, 0.3) is 0 Å². The van der Waals surface area contributed by atoms with Crippen LogP contribution >= 0.6 is 15.2 Å². The fourth-order valence-corrected chi connectivity index (χ4v) is 15.2. The number of amides is 7. The number of aliphatic hydroxyl groups is 8. The molecule has 45 nitrogen and oxygen atoms in total. The van der Waals surface area contributed by atoms with Crippen LogP contribution in [0.15, 0.2) is 12.2 Å². The number of rotatable bonds is 61. The summed E-state index contributed by atoms with van der Waals surface area (Å²) < 4.78 is 97.5. The molecule has 0 radical (unpaired) electrons. The van der Waals surface area contributed by atoms with Gasteiger partial charge in [0, 0.05) is 115 Å². The highest BCUT2D eigenvalue weighted by Gasteiger charge is 2.49. The second-order valence-corrected chi connectivity index (χ2v) is 33.6. The summed E-state index contributed by atoms with van der Waals surface area (Å²) in [6.07, 6.45) is -11.7. The third kappa shape index (κ3) is 40.4. The summed E-state index contributed by atoms with van der Waals surface area (Å²) in [6.45, 7) is 13.0. The van der Waals surface area contributed by atoms with Crippen molar-refractivity contribution in [3.63, 3.8) is 0 Å². The first-order chi connectivity index (χ1) is 56.7. The van der Waals surface area contributed by atoms with Gasteiger partial charge in [0.25, 0.3) is 11.8 Å². The summed E-state index contributed by atoms with van der Waals surface area (Å²) in [4.78, 5) is 101. The van der Waals surface area contributed by atoms with Gasteiger partial charge in [-0.3, -0.25) is 33.3 Å². The average molecular weight is 1740 g/mol. The van der Waals surface area contributed by atoms with Crippen molar-refractivity contribution in [1.82, 2.24) is 68.3 Å². The van der Waals surface area contributed by atoms with Crippen molar-refractivity contribution in [2.75, 3.05) is 203 Å². The van der Waals surface area contributed by atoms with Crippen molar-refractivity contribution in [2.45, 2.75) is 206 Å². The van der Waals surface area contributed by atoms with Crippen molar-refractivity contribution in [1.29, 1.82) is 0 Å². The minimum absolute atomic E-state index is 0.0967. The minimum Gasteiger partial charge on any atom is -0.390 e. The Morgan fingerprint density at radius 2 is 0.822 bits per heavy atom. The highest BCUT2D eigenvalue weighted by Crippen LogP contribution is 2.39. The molecule has 118 heavy (non-hydrogen) atoms. The second kappa shape index (κ2) is 56.1. The summed E-state index contributed by atoms with van der Waals surface area (Å²) in [5.74, 6) is -1.06. The monoisotopic (exact) mass is 1740 g/mol. The summed E-state index contributed by atoms with van der Waals surface area (Å²) in [7, 11) is -8.85. The highest BCUT2D eigenvalue weighted by atomic mass is 31.2. The van der Waals surface area contributed by atoms with Gasteiger partial charge in [0.15, 0.2) is 12.6 Å². The number of carbonyl (C=O) groups is 5. The molecule has 7 rings (SSSR count). The quantitative estimate of drug-likeness (QED) is 0.0153. The Labute approximate surface area is 687 Å². The van der Waals surface area contributed by atoms with Gasteiger partial charge in [-0.1, -0.05) is 12.8 Å². The SMILES string of the molecule is O=C(CCOCCOCCOCCN(CCOCCOCCOCCN1CC(CCCCNC(=O)NC2CCC(O[C@H]3O[C@H](CCP(=O)(O)O)[C@@H](O)[C@H](O)[C@@H]3O)C(O)C2)NN1)CCOCCOCCOCCN1CC(CCCCNC(=O)NC2CCC(O[C@H]3O[C@H](CCP(=O)(O)O)[C@@H](O)[C@H](O)[C@@H]3O)C(O)C2)NN1)NCCN1C(=O)C=CC1=O. The van der Waals surface area contributed by atoms with E-state index >= 15 is 0 Å². The molecule has 0 aromatic heterocycles. The van der Waals surface area contributed by atoms with Crippen LogP contribution in [0.5, 0.6) is 0 Å². The number of nitrogens with zero attached hydrogens (tertiary/aromatic N) is 4. The fraction of sp³-hybridized carbons (Fsp3) is 0.901. The van der Waals surface area contributed by atoms with Gasteiger partial charge in [0.1, 0.15) is 36.6 Å². The Balaban J connectivity index is 0.653. The zero-order valence-electron chi connectivity index (χ0n) is 67.3. The van der Waals surface area contributed by atoms with Crippen LogP contribution < -0.4 is 48.5 Å². The van der Waals surface area contributed by atoms with Crippen LogP contribution in [-0.4, -0.2) is 423 Å². The number of nitrogens with one attached hydrogen (secondary N) is 9. The Bertz CT molecular complexity index is 2810. The van der Waals surface area contributed by atoms with Gasteiger partial charge < -0.3 is 149 Å². The van der Waals surface area contributed by atoms with Crippen LogP contribution in [0.4, 0.5) is 9.59 Å². The maximum Gasteiger partial charge on any atom is 0.325 e.